The molecule has 4 nitrogen and oxygen atoms in total. The van der Waals surface area contributed by atoms with E-state index >= 15 is 0 Å². The van der Waals surface area contributed by atoms with E-state index in [0.29, 0.717) is 13.2 Å². The van der Waals surface area contributed by atoms with Crippen molar-refractivity contribution < 1.29 is 14.3 Å². The number of carbonyl (C=O) groups excluding carboxylic acids is 2. The molecule has 0 rings (SSSR count). The maximum atomic E-state index is 11.0. The Balaban J connectivity index is 3.64. The summed E-state index contributed by atoms with van der Waals surface area (Å²) >= 11 is 0. The van der Waals surface area contributed by atoms with E-state index in [2.05, 4.69) is 10.1 Å². The Kier molecular flexibility index (Phi) is 7.50. The number of esters is 1. The van der Waals surface area contributed by atoms with Crippen molar-refractivity contribution in [2.75, 3.05) is 13.2 Å². The van der Waals surface area contributed by atoms with Crippen LogP contribution in [0.5, 0.6) is 0 Å². The Bertz CT molecular complexity index is 211. The van der Waals surface area contributed by atoms with Crippen LogP contribution in [0.4, 0.5) is 0 Å². The van der Waals surface area contributed by atoms with E-state index in [4.69, 9.17) is 0 Å². The summed E-state index contributed by atoms with van der Waals surface area (Å²) in [6.07, 6.45) is 4.29. The van der Waals surface area contributed by atoms with Gasteiger partial charge in [0.2, 0.25) is 5.91 Å². The average Bonchev–Trinajstić information content (AvgIpc) is 2.16. The molecule has 0 saturated carbocycles. The minimum atomic E-state index is -0.488. The molecule has 80 valence electrons. The summed E-state index contributed by atoms with van der Waals surface area (Å²) in [6, 6.07) is 0. The van der Waals surface area contributed by atoms with Crippen LogP contribution in [0.25, 0.3) is 0 Å². The number of ether oxygens (including phenoxy) is 1. The zero-order valence-corrected chi connectivity index (χ0v) is 8.71. The lowest BCUT2D eigenvalue weighted by molar-refractivity contribution is -0.137. The van der Waals surface area contributed by atoms with Gasteiger partial charge in [-0.3, -0.25) is 4.79 Å². The van der Waals surface area contributed by atoms with Gasteiger partial charge in [-0.25, -0.2) is 4.79 Å². The first kappa shape index (κ1) is 12.7. The van der Waals surface area contributed by atoms with Gasteiger partial charge in [-0.05, 0) is 13.3 Å². The van der Waals surface area contributed by atoms with Crippen LogP contribution in [-0.4, -0.2) is 25.0 Å². The molecule has 0 radical (unpaired) electrons. The molecule has 0 bridgehead atoms. The number of rotatable bonds is 6. The van der Waals surface area contributed by atoms with E-state index < -0.39 is 5.97 Å². The molecule has 1 amide bonds. The van der Waals surface area contributed by atoms with E-state index in [1.54, 1.807) is 6.92 Å². The van der Waals surface area contributed by atoms with Gasteiger partial charge in [-0.2, -0.15) is 0 Å². The highest BCUT2D eigenvalue weighted by atomic mass is 16.5. The van der Waals surface area contributed by atoms with Crippen molar-refractivity contribution in [1.82, 2.24) is 5.32 Å². The minimum Gasteiger partial charge on any atom is -0.463 e. The van der Waals surface area contributed by atoms with Gasteiger partial charge in [0.15, 0.2) is 0 Å². The summed E-state index contributed by atoms with van der Waals surface area (Å²) in [4.78, 5) is 21.8. The number of carbonyl (C=O) groups is 2. The molecule has 0 aliphatic rings. The Morgan fingerprint density at radius 2 is 2.00 bits per heavy atom. The van der Waals surface area contributed by atoms with Crippen LogP contribution in [0.3, 0.4) is 0 Å². The van der Waals surface area contributed by atoms with Crippen molar-refractivity contribution >= 4 is 11.9 Å². The van der Waals surface area contributed by atoms with Crippen LogP contribution in [0.1, 0.15) is 26.7 Å². The molecule has 0 aliphatic heterocycles. The van der Waals surface area contributed by atoms with Gasteiger partial charge in [0.25, 0.3) is 0 Å². The molecule has 0 aliphatic carbocycles. The van der Waals surface area contributed by atoms with E-state index in [0.717, 1.165) is 18.9 Å². The number of nitrogens with one attached hydrogen (secondary N) is 1. The lowest BCUT2D eigenvalue weighted by Gasteiger charge is -1.99. The Hall–Kier alpha value is -1.32. The van der Waals surface area contributed by atoms with E-state index in [9.17, 15) is 9.59 Å². The molecule has 0 heterocycles. The van der Waals surface area contributed by atoms with Gasteiger partial charge in [0.05, 0.1) is 6.61 Å². The lowest BCUT2D eigenvalue weighted by atomic mass is 10.3. The first-order valence-corrected chi connectivity index (χ1v) is 4.83. The first-order chi connectivity index (χ1) is 6.70. The van der Waals surface area contributed by atoms with Gasteiger partial charge < -0.3 is 10.1 Å². The number of amides is 1. The fourth-order valence-electron chi connectivity index (χ4n) is 0.781. The number of hydrogen-bond donors (Lipinski definition) is 1. The summed E-state index contributed by atoms with van der Waals surface area (Å²) in [5, 5.41) is 2.65. The number of unbranched alkanes of at least 4 members (excludes halogenated alkanes) is 1. The summed E-state index contributed by atoms with van der Waals surface area (Å²) in [6.45, 7) is 4.72. The third-order valence-corrected chi connectivity index (χ3v) is 1.49. The molecule has 0 aromatic carbocycles. The maximum Gasteiger partial charge on any atom is 0.330 e. The Morgan fingerprint density at radius 1 is 1.29 bits per heavy atom. The molecule has 0 saturated heterocycles. The summed E-state index contributed by atoms with van der Waals surface area (Å²) in [5.74, 6) is -0.746. The second-order valence-electron chi connectivity index (χ2n) is 2.73. The van der Waals surface area contributed by atoms with Crippen LogP contribution < -0.4 is 5.32 Å². The summed E-state index contributed by atoms with van der Waals surface area (Å²) in [5.41, 5.74) is 0. The molecule has 0 unspecified atom stereocenters. The topological polar surface area (TPSA) is 55.4 Å². The van der Waals surface area contributed by atoms with E-state index in [1.807, 2.05) is 6.92 Å². The van der Waals surface area contributed by atoms with Gasteiger partial charge in [-0.15, -0.1) is 0 Å². The van der Waals surface area contributed by atoms with Crippen molar-refractivity contribution in [3.8, 4) is 0 Å². The minimum absolute atomic E-state index is 0.258. The smallest absolute Gasteiger partial charge is 0.330 e. The highest BCUT2D eigenvalue weighted by Gasteiger charge is 1.97. The zero-order valence-electron chi connectivity index (χ0n) is 8.71. The van der Waals surface area contributed by atoms with E-state index in [1.165, 1.54) is 6.08 Å². The van der Waals surface area contributed by atoms with E-state index in [-0.39, 0.29) is 5.91 Å². The molecule has 0 atom stereocenters. The SMILES string of the molecule is CCCCNC(=O)/C=C\C(=O)OCC. The largest absolute Gasteiger partial charge is 0.463 e. The average molecular weight is 199 g/mol. The lowest BCUT2D eigenvalue weighted by Crippen LogP contribution is -2.22. The standard InChI is InChI=1S/C10H17NO3/c1-3-5-8-11-9(12)6-7-10(13)14-4-2/h6-7H,3-5,8H2,1-2H3,(H,11,12)/b7-6-. The predicted octanol–water partition coefficient (Wildman–Crippen LogP) is 1.02. The van der Waals surface area contributed by atoms with Crippen LogP contribution in [0.15, 0.2) is 12.2 Å². The highest BCUT2D eigenvalue weighted by molar-refractivity contribution is 5.94. The van der Waals surface area contributed by atoms with Crippen molar-refractivity contribution in [1.29, 1.82) is 0 Å². The van der Waals surface area contributed by atoms with Crippen LogP contribution >= 0.6 is 0 Å². The fraction of sp³-hybridized carbons (Fsp3) is 0.600. The molecular weight excluding hydrogens is 182 g/mol. The third kappa shape index (κ3) is 7.34. The van der Waals surface area contributed by atoms with Gasteiger partial charge in [0, 0.05) is 18.7 Å². The Morgan fingerprint density at radius 3 is 2.57 bits per heavy atom. The van der Waals surface area contributed by atoms with Gasteiger partial charge in [-0.1, -0.05) is 13.3 Å². The summed E-state index contributed by atoms with van der Waals surface area (Å²) < 4.78 is 4.61. The molecule has 1 N–H and O–H groups in total. The normalized spacial score (nSPS) is 10.1. The van der Waals surface area contributed by atoms with Crippen LogP contribution in [-0.2, 0) is 14.3 Å². The van der Waals surface area contributed by atoms with Gasteiger partial charge in [0.1, 0.15) is 0 Å². The van der Waals surface area contributed by atoms with Crippen molar-refractivity contribution in [2.45, 2.75) is 26.7 Å². The molecule has 0 aromatic rings. The van der Waals surface area contributed by atoms with Crippen molar-refractivity contribution in [3.05, 3.63) is 12.2 Å². The highest BCUT2D eigenvalue weighted by Crippen LogP contribution is 1.84. The second kappa shape index (κ2) is 8.29. The quantitative estimate of drug-likeness (QED) is 0.395. The molecule has 0 aromatic heterocycles. The first-order valence-electron chi connectivity index (χ1n) is 4.83. The third-order valence-electron chi connectivity index (χ3n) is 1.49. The van der Waals surface area contributed by atoms with Crippen molar-refractivity contribution in [3.63, 3.8) is 0 Å². The molecule has 4 heteroatoms. The Labute approximate surface area is 84.3 Å². The van der Waals surface area contributed by atoms with Crippen molar-refractivity contribution in [2.24, 2.45) is 0 Å². The van der Waals surface area contributed by atoms with Crippen LogP contribution in [0, 0.1) is 0 Å². The maximum absolute atomic E-state index is 11.0. The molecular formula is C10H17NO3. The fourth-order valence-corrected chi connectivity index (χ4v) is 0.781. The summed E-state index contributed by atoms with van der Waals surface area (Å²) in [7, 11) is 0. The molecule has 0 fully saturated rings. The monoisotopic (exact) mass is 199 g/mol. The number of hydrogen-bond acceptors (Lipinski definition) is 3. The molecule has 0 spiro atoms. The molecule has 14 heavy (non-hydrogen) atoms. The second-order valence-corrected chi connectivity index (χ2v) is 2.73. The predicted molar refractivity (Wildman–Crippen MR) is 53.7 cm³/mol. The van der Waals surface area contributed by atoms with Crippen LogP contribution in [0.2, 0.25) is 0 Å². The van der Waals surface area contributed by atoms with Gasteiger partial charge >= 0.3 is 5.97 Å². The zero-order chi connectivity index (χ0) is 10.8.